The molecule has 74 heavy (non-hydrogen) atoms. The van der Waals surface area contributed by atoms with Crippen molar-refractivity contribution >= 4 is 17.9 Å². The summed E-state index contributed by atoms with van der Waals surface area (Å²) < 4.78 is 16.8. The number of ether oxygens (including phenoxy) is 3. The molecule has 6 heteroatoms. The zero-order valence-electron chi connectivity index (χ0n) is 49.4. The second-order valence-corrected chi connectivity index (χ2v) is 21.6. The molecule has 0 aromatic rings. The maximum absolute atomic E-state index is 12.9. The van der Waals surface area contributed by atoms with Crippen LogP contribution < -0.4 is 0 Å². The van der Waals surface area contributed by atoms with Crippen molar-refractivity contribution in [2.75, 3.05) is 13.2 Å². The van der Waals surface area contributed by atoms with Crippen LogP contribution in [-0.4, -0.2) is 37.2 Å². The third-order valence-electron chi connectivity index (χ3n) is 14.3. The van der Waals surface area contributed by atoms with Gasteiger partial charge in [-0.1, -0.05) is 306 Å². The first kappa shape index (κ1) is 71.1. The number of rotatable bonds is 59. The van der Waals surface area contributed by atoms with E-state index in [1.807, 2.05) is 6.08 Å². The van der Waals surface area contributed by atoms with Gasteiger partial charge < -0.3 is 14.2 Å². The van der Waals surface area contributed by atoms with E-state index in [1.165, 1.54) is 225 Å². The fourth-order valence-electron chi connectivity index (χ4n) is 9.45. The summed E-state index contributed by atoms with van der Waals surface area (Å²) in [5.74, 6) is -0.960. The predicted molar refractivity (Wildman–Crippen MR) is 321 cm³/mol. The van der Waals surface area contributed by atoms with Crippen LogP contribution in [0.2, 0.25) is 0 Å². The van der Waals surface area contributed by atoms with Crippen molar-refractivity contribution in [2.24, 2.45) is 0 Å². The van der Waals surface area contributed by atoms with Crippen LogP contribution in [-0.2, 0) is 28.6 Å². The van der Waals surface area contributed by atoms with E-state index >= 15 is 0 Å². The highest BCUT2D eigenvalue weighted by molar-refractivity contribution is 5.71. The zero-order valence-corrected chi connectivity index (χ0v) is 49.4. The maximum atomic E-state index is 12.9. The van der Waals surface area contributed by atoms with Gasteiger partial charge in [0.15, 0.2) is 6.10 Å². The molecule has 0 N–H and O–H groups in total. The lowest BCUT2D eigenvalue weighted by molar-refractivity contribution is -0.166. The Labute approximate surface area is 460 Å². The molecule has 0 saturated heterocycles. The number of esters is 3. The molecular weight excluding hydrogens is 913 g/mol. The quantitative estimate of drug-likeness (QED) is 0.0261. The number of allylic oxidation sites excluding steroid dienone is 10. The van der Waals surface area contributed by atoms with Gasteiger partial charge in [-0.25, -0.2) is 0 Å². The molecule has 0 amide bonds. The summed E-state index contributed by atoms with van der Waals surface area (Å²) in [6, 6.07) is 0. The highest BCUT2D eigenvalue weighted by Crippen LogP contribution is 2.17. The Morgan fingerprint density at radius 3 is 0.905 bits per heavy atom. The average Bonchev–Trinajstić information content (AvgIpc) is 3.40. The van der Waals surface area contributed by atoms with Gasteiger partial charge in [0.25, 0.3) is 0 Å². The van der Waals surface area contributed by atoms with Gasteiger partial charge in [-0.15, -0.1) is 0 Å². The molecule has 0 aliphatic rings. The Bertz CT molecular complexity index is 1330. The van der Waals surface area contributed by atoms with E-state index in [4.69, 9.17) is 14.2 Å². The summed E-state index contributed by atoms with van der Waals surface area (Å²) in [6.45, 7) is 6.50. The van der Waals surface area contributed by atoms with E-state index in [0.29, 0.717) is 19.3 Å². The molecule has 0 heterocycles. The third-order valence-corrected chi connectivity index (χ3v) is 14.3. The summed E-state index contributed by atoms with van der Waals surface area (Å²) in [5.41, 5.74) is 0. The van der Waals surface area contributed by atoms with Gasteiger partial charge in [0, 0.05) is 19.3 Å². The van der Waals surface area contributed by atoms with Gasteiger partial charge in [-0.3, -0.25) is 14.4 Å². The summed E-state index contributed by atoms with van der Waals surface area (Å²) in [7, 11) is 0. The first-order chi connectivity index (χ1) is 36.5. The molecule has 0 aromatic carbocycles. The Morgan fingerprint density at radius 2 is 0.554 bits per heavy atom. The first-order valence-electron chi connectivity index (χ1n) is 32.3. The minimum Gasteiger partial charge on any atom is -0.462 e. The van der Waals surface area contributed by atoms with Crippen molar-refractivity contribution in [1.29, 1.82) is 0 Å². The molecule has 0 aliphatic carbocycles. The topological polar surface area (TPSA) is 78.9 Å². The lowest BCUT2D eigenvalue weighted by Gasteiger charge is -2.18. The van der Waals surface area contributed by atoms with Crippen LogP contribution in [0.3, 0.4) is 0 Å². The Balaban J connectivity index is 4.19. The molecule has 0 bridgehead atoms. The van der Waals surface area contributed by atoms with Crippen LogP contribution >= 0.6 is 0 Å². The smallest absolute Gasteiger partial charge is 0.306 e. The fourth-order valence-corrected chi connectivity index (χ4v) is 9.45. The zero-order chi connectivity index (χ0) is 53.6. The minimum atomic E-state index is -0.800. The second kappa shape index (κ2) is 62.6. The monoisotopic (exact) mass is 1030 g/mol. The molecule has 1 atom stereocenters. The van der Waals surface area contributed by atoms with E-state index in [2.05, 4.69) is 75.5 Å². The lowest BCUT2D eigenvalue weighted by atomic mass is 10.0. The molecule has 1 unspecified atom stereocenters. The van der Waals surface area contributed by atoms with Crippen molar-refractivity contribution in [3.05, 3.63) is 60.8 Å². The van der Waals surface area contributed by atoms with E-state index in [9.17, 15) is 14.4 Å². The maximum Gasteiger partial charge on any atom is 0.306 e. The number of unbranched alkanes of at least 4 members (excludes halogenated alkanes) is 38. The molecule has 0 rings (SSSR count). The second-order valence-electron chi connectivity index (χ2n) is 21.6. The average molecular weight is 1040 g/mol. The first-order valence-corrected chi connectivity index (χ1v) is 32.3. The Hall–Kier alpha value is -2.89. The fraction of sp³-hybridized carbons (Fsp3) is 0.809. The summed E-state index contributed by atoms with van der Waals surface area (Å²) in [5, 5.41) is 0. The summed E-state index contributed by atoms with van der Waals surface area (Å²) in [6.07, 6.45) is 79.8. The van der Waals surface area contributed by atoms with Gasteiger partial charge in [-0.2, -0.15) is 0 Å². The molecule has 0 spiro atoms. The van der Waals surface area contributed by atoms with Gasteiger partial charge in [0.1, 0.15) is 13.2 Å². The van der Waals surface area contributed by atoms with Crippen molar-refractivity contribution in [1.82, 2.24) is 0 Å². The Kier molecular flexibility index (Phi) is 60.2. The molecule has 430 valence electrons. The van der Waals surface area contributed by atoms with Crippen molar-refractivity contribution in [3.63, 3.8) is 0 Å². The van der Waals surface area contributed by atoms with Gasteiger partial charge in [-0.05, 0) is 70.6 Å². The van der Waals surface area contributed by atoms with Crippen LogP contribution in [0.4, 0.5) is 0 Å². The van der Waals surface area contributed by atoms with Crippen LogP contribution in [0.15, 0.2) is 60.8 Å². The summed E-state index contributed by atoms with van der Waals surface area (Å²) >= 11 is 0. The standard InChI is InChI=1S/C68H122O6/c1-4-7-10-13-16-19-22-25-27-28-29-30-31-32-33-34-35-36-37-38-39-40-41-44-46-49-52-55-58-61-67(70)73-64-65(63-72-66(69)60-57-54-51-48-45-42-24-21-18-15-12-9-6-3)74-68(71)62-59-56-53-50-47-43-26-23-20-17-14-11-8-5-2/h9,12,18,21,28-29,42,45,51,54,65H,4-8,10-11,13-17,19-20,22-27,30-41,43-44,46-50,52-53,55-64H2,1-3H3/b12-9-,21-18-,29-28-,45-42-,54-51-. The SMILES string of the molecule is CC/C=C\C/C=C\C/C=C\C/C=C\CCC(=O)OCC(COC(=O)CCCCCCCCCCCCCCCCCCC/C=C\CCCCCCCCCC)OC(=O)CCCCCCCCCCCCCCCC. The molecule has 0 aromatic heterocycles. The van der Waals surface area contributed by atoms with Crippen molar-refractivity contribution in [2.45, 2.75) is 341 Å². The van der Waals surface area contributed by atoms with Crippen molar-refractivity contribution < 1.29 is 28.6 Å². The molecule has 0 saturated carbocycles. The molecular formula is C68H122O6. The largest absolute Gasteiger partial charge is 0.462 e. The normalized spacial score (nSPS) is 12.4. The van der Waals surface area contributed by atoms with Gasteiger partial charge in [0.2, 0.25) is 0 Å². The molecule has 0 fully saturated rings. The number of carbonyl (C=O) groups is 3. The van der Waals surface area contributed by atoms with Crippen LogP contribution in [0.5, 0.6) is 0 Å². The van der Waals surface area contributed by atoms with E-state index in [1.54, 1.807) is 0 Å². The third kappa shape index (κ3) is 60.0. The highest BCUT2D eigenvalue weighted by Gasteiger charge is 2.19. The van der Waals surface area contributed by atoms with Crippen LogP contribution in [0.25, 0.3) is 0 Å². The van der Waals surface area contributed by atoms with Crippen LogP contribution in [0.1, 0.15) is 335 Å². The van der Waals surface area contributed by atoms with Gasteiger partial charge >= 0.3 is 17.9 Å². The number of hydrogen-bond donors (Lipinski definition) is 0. The summed E-state index contributed by atoms with van der Waals surface area (Å²) in [4.78, 5) is 38.2. The highest BCUT2D eigenvalue weighted by atomic mass is 16.6. The van der Waals surface area contributed by atoms with Crippen molar-refractivity contribution in [3.8, 4) is 0 Å². The Morgan fingerprint density at radius 1 is 0.284 bits per heavy atom. The molecule has 0 aliphatic heterocycles. The van der Waals surface area contributed by atoms with E-state index in [-0.39, 0.29) is 37.5 Å². The predicted octanol–water partition coefficient (Wildman–Crippen LogP) is 21.9. The number of carbonyl (C=O) groups excluding carboxylic acids is 3. The van der Waals surface area contributed by atoms with E-state index in [0.717, 1.165) is 64.2 Å². The van der Waals surface area contributed by atoms with E-state index < -0.39 is 6.10 Å². The number of hydrogen-bond acceptors (Lipinski definition) is 6. The van der Waals surface area contributed by atoms with Crippen LogP contribution in [0, 0.1) is 0 Å². The van der Waals surface area contributed by atoms with Gasteiger partial charge in [0.05, 0.1) is 0 Å². The molecule has 6 nitrogen and oxygen atoms in total. The molecule has 0 radical (unpaired) electrons. The lowest BCUT2D eigenvalue weighted by Crippen LogP contribution is -2.30. The minimum absolute atomic E-state index is 0.0921.